The normalized spacial score (nSPS) is 19.2. The fraction of sp³-hybridized carbons (Fsp3) is 0.278. The first-order chi connectivity index (χ1) is 10.9. The van der Waals surface area contributed by atoms with Gasteiger partial charge in [-0.2, -0.15) is 0 Å². The molecule has 5 heteroatoms. The molecule has 0 bridgehead atoms. The maximum absolute atomic E-state index is 12.7. The van der Waals surface area contributed by atoms with Crippen molar-refractivity contribution >= 4 is 16.6 Å². The molecule has 1 heterocycles. The van der Waals surface area contributed by atoms with Gasteiger partial charge in [0, 0.05) is 17.3 Å². The molecule has 0 spiro atoms. The predicted octanol–water partition coefficient (Wildman–Crippen LogP) is 2.81. The summed E-state index contributed by atoms with van der Waals surface area (Å²) in [6.07, 6.45) is 1.63. The number of hydrogen-bond acceptors (Lipinski definition) is 5. The number of carbonyl (C=O) groups is 1. The monoisotopic (exact) mass is 313 g/mol. The van der Waals surface area contributed by atoms with Crippen LogP contribution in [0.1, 0.15) is 25.5 Å². The maximum Gasteiger partial charge on any atom is 0.197 e. The van der Waals surface area contributed by atoms with Crippen LogP contribution in [0.2, 0.25) is 0 Å². The van der Waals surface area contributed by atoms with Crippen molar-refractivity contribution in [2.75, 3.05) is 6.54 Å². The van der Waals surface area contributed by atoms with Crippen molar-refractivity contribution in [2.45, 2.75) is 25.5 Å². The standard InChI is InChI=1S/C18H19NO4/c1-4-9-19-13-12-14(20)10-7-5-6-8-11(10)15(21)16(12)23-18(2,3)17(13)22/h4-8,13,19-21H,1,9H2,2-3H3/t13-/m0/s1. The minimum Gasteiger partial charge on any atom is -0.507 e. The average molecular weight is 313 g/mol. The van der Waals surface area contributed by atoms with Gasteiger partial charge >= 0.3 is 0 Å². The van der Waals surface area contributed by atoms with Crippen molar-refractivity contribution in [2.24, 2.45) is 0 Å². The second kappa shape index (κ2) is 5.28. The molecule has 0 aromatic heterocycles. The van der Waals surface area contributed by atoms with Gasteiger partial charge in [0.1, 0.15) is 11.8 Å². The molecular weight excluding hydrogens is 294 g/mol. The molecule has 120 valence electrons. The molecule has 0 unspecified atom stereocenters. The highest BCUT2D eigenvalue weighted by Gasteiger charge is 2.45. The molecular formula is C18H19NO4. The van der Waals surface area contributed by atoms with E-state index in [1.54, 1.807) is 44.2 Å². The van der Waals surface area contributed by atoms with E-state index in [1.165, 1.54) is 0 Å². The van der Waals surface area contributed by atoms with Crippen LogP contribution in [0.15, 0.2) is 36.9 Å². The van der Waals surface area contributed by atoms with Crippen LogP contribution < -0.4 is 10.1 Å². The smallest absolute Gasteiger partial charge is 0.197 e. The Hall–Kier alpha value is -2.53. The molecule has 3 rings (SSSR count). The number of ether oxygens (including phenoxy) is 1. The van der Waals surface area contributed by atoms with Gasteiger partial charge in [-0.3, -0.25) is 10.1 Å². The van der Waals surface area contributed by atoms with Crippen LogP contribution in [0.3, 0.4) is 0 Å². The number of rotatable bonds is 3. The van der Waals surface area contributed by atoms with Crippen LogP contribution in [-0.4, -0.2) is 28.1 Å². The van der Waals surface area contributed by atoms with Gasteiger partial charge in [0.25, 0.3) is 0 Å². The van der Waals surface area contributed by atoms with Gasteiger partial charge in [-0.25, -0.2) is 0 Å². The molecule has 23 heavy (non-hydrogen) atoms. The van der Waals surface area contributed by atoms with E-state index in [0.717, 1.165) is 0 Å². The molecule has 2 aromatic rings. The molecule has 1 aliphatic heterocycles. The van der Waals surface area contributed by atoms with Gasteiger partial charge < -0.3 is 14.9 Å². The fourth-order valence-electron chi connectivity index (χ4n) is 2.95. The lowest BCUT2D eigenvalue weighted by molar-refractivity contribution is -0.136. The summed E-state index contributed by atoms with van der Waals surface area (Å²) in [6, 6.07) is 6.14. The van der Waals surface area contributed by atoms with Crippen LogP contribution in [0, 0.1) is 0 Å². The zero-order valence-corrected chi connectivity index (χ0v) is 13.1. The predicted molar refractivity (Wildman–Crippen MR) is 87.9 cm³/mol. The summed E-state index contributed by atoms with van der Waals surface area (Å²) < 4.78 is 5.74. The van der Waals surface area contributed by atoms with Crippen LogP contribution in [0.5, 0.6) is 17.2 Å². The number of aromatic hydroxyl groups is 2. The molecule has 0 saturated carbocycles. The Morgan fingerprint density at radius 3 is 2.48 bits per heavy atom. The van der Waals surface area contributed by atoms with E-state index in [9.17, 15) is 15.0 Å². The minimum absolute atomic E-state index is 0.0567. The highest BCUT2D eigenvalue weighted by molar-refractivity contribution is 6.02. The number of nitrogens with one attached hydrogen (secondary N) is 1. The zero-order valence-electron chi connectivity index (χ0n) is 13.1. The summed E-state index contributed by atoms with van der Waals surface area (Å²) in [4.78, 5) is 12.7. The Balaban J connectivity index is 2.32. The zero-order chi connectivity index (χ0) is 16.8. The number of fused-ring (bicyclic) bond motifs is 2. The fourth-order valence-corrected chi connectivity index (χ4v) is 2.95. The minimum atomic E-state index is -1.11. The number of phenolic OH excluding ortho intramolecular Hbond substituents is 2. The van der Waals surface area contributed by atoms with E-state index in [0.29, 0.717) is 17.3 Å². The molecule has 0 amide bonds. The van der Waals surface area contributed by atoms with Crippen molar-refractivity contribution < 1.29 is 19.7 Å². The molecule has 1 aliphatic rings. The number of hydrogen-bond donors (Lipinski definition) is 3. The van der Waals surface area contributed by atoms with Crippen LogP contribution in [-0.2, 0) is 4.79 Å². The van der Waals surface area contributed by atoms with E-state index >= 15 is 0 Å². The molecule has 0 radical (unpaired) electrons. The molecule has 3 N–H and O–H groups in total. The highest BCUT2D eigenvalue weighted by atomic mass is 16.5. The molecule has 5 nitrogen and oxygen atoms in total. The summed E-state index contributed by atoms with van der Waals surface area (Å²) in [5, 5.41) is 25.3. The topological polar surface area (TPSA) is 78.8 Å². The van der Waals surface area contributed by atoms with E-state index in [-0.39, 0.29) is 28.6 Å². The van der Waals surface area contributed by atoms with Crippen molar-refractivity contribution in [1.82, 2.24) is 5.32 Å². The van der Waals surface area contributed by atoms with E-state index in [4.69, 9.17) is 4.74 Å². The molecule has 0 saturated heterocycles. The van der Waals surface area contributed by atoms with E-state index < -0.39 is 11.6 Å². The number of ketones is 1. The third-order valence-electron chi connectivity index (χ3n) is 4.12. The van der Waals surface area contributed by atoms with Crippen molar-refractivity contribution in [3.63, 3.8) is 0 Å². The second-order valence-corrected chi connectivity index (χ2v) is 6.09. The van der Waals surface area contributed by atoms with Gasteiger partial charge in [0.2, 0.25) is 0 Å². The number of Topliss-reactive ketones (excluding diaryl/α,β-unsaturated/α-hetero) is 1. The van der Waals surface area contributed by atoms with Gasteiger partial charge in [-0.1, -0.05) is 30.3 Å². The SMILES string of the molecule is C=CCN[C@@H]1C(=O)C(C)(C)Oc2c1c(O)c1ccccc1c2O. The van der Waals surface area contributed by atoms with Crippen molar-refractivity contribution in [1.29, 1.82) is 0 Å². The number of benzene rings is 2. The molecule has 0 aliphatic carbocycles. The molecule has 0 fully saturated rings. The van der Waals surface area contributed by atoms with Crippen LogP contribution in [0.25, 0.3) is 10.8 Å². The summed E-state index contributed by atoms with van der Waals surface area (Å²) >= 11 is 0. The largest absolute Gasteiger partial charge is 0.507 e. The molecule has 1 atom stereocenters. The summed E-state index contributed by atoms with van der Waals surface area (Å²) in [7, 11) is 0. The first-order valence-corrected chi connectivity index (χ1v) is 7.42. The van der Waals surface area contributed by atoms with Crippen molar-refractivity contribution in [3.8, 4) is 17.2 Å². The summed E-state index contributed by atoms with van der Waals surface area (Å²) in [5.41, 5.74) is -0.842. The first-order valence-electron chi connectivity index (χ1n) is 7.42. The Morgan fingerprint density at radius 2 is 1.87 bits per heavy atom. The first kappa shape index (κ1) is 15.4. The van der Waals surface area contributed by atoms with Gasteiger partial charge in [-0.05, 0) is 13.8 Å². The number of phenols is 2. The Morgan fingerprint density at radius 1 is 1.26 bits per heavy atom. The highest BCUT2D eigenvalue weighted by Crippen LogP contribution is 2.51. The van der Waals surface area contributed by atoms with E-state index in [2.05, 4.69) is 11.9 Å². The summed E-state index contributed by atoms with van der Waals surface area (Å²) in [6.45, 7) is 7.31. The lowest BCUT2D eigenvalue weighted by atomic mass is 9.86. The number of carbonyl (C=O) groups excluding carboxylic acids is 1. The second-order valence-electron chi connectivity index (χ2n) is 6.09. The van der Waals surface area contributed by atoms with Gasteiger partial charge in [0.15, 0.2) is 22.9 Å². The van der Waals surface area contributed by atoms with Gasteiger partial charge in [0.05, 0.1) is 5.56 Å². The Bertz CT molecular complexity index is 810. The lowest BCUT2D eigenvalue weighted by Crippen LogP contribution is -2.49. The Labute approximate surface area is 134 Å². The third kappa shape index (κ3) is 2.24. The average Bonchev–Trinajstić information content (AvgIpc) is 2.53. The molecule has 2 aromatic carbocycles. The third-order valence-corrected chi connectivity index (χ3v) is 4.12. The summed E-state index contributed by atoms with van der Waals surface area (Å²) in [5.74, 6) is -0.192. The lowest BCUT2D eigenvalue weighted by Gasteiger charge is -2.37. The van der Waals surface area contributed by atoms with Crippen LogP contribution >= 0.6 is 0 Å². The quantitative estimate of drug-likeness (QED) is 0.600. The van der Waals surface area contributed by atoms with Gasteiger partial charge in [-0.15, -0.1) is 6.58 Å². The van der Waals surface area contributed by atoms with E-state index in [1.807, 2.05) is 0 Å². The Kier molecular flexibility index (Phi) is 3.53. The van der Waals surface area contributed by atoms with Crippen LogP contribution in [0.4, 0.5) is 0 Å². The maximum atomic E-state index is 12.7. The van der Waals surface area contributed by atoms with Crippen molar-refractivity contribution in [3.05, 3.63) is 42.5 Å².